The Morgan fingerprint density at radius 2 is 1.68 bits per heavy atom. The molecule has 1 heterocycles. The molecule has 0 radical (unpaired) electrons. The standard InChI is InChI=1S/C19H22N2O3S/c22-19(11-6-15-4-2-1-3-5-15)21-17-9-7-16(8-10-17)20-18-12-13-25(23,24)14-18/h1-5,7-10,18,20H,6,11-14H2,(H,21,22). The molecule has 25 heavy (non-hydrogen) atoms. The van der Waals surface area contributed by atoms with Crippen molar-refractivity contribution in [2.45, 2.75) is 25.3 Å². The van der Waals surface area contributed by atoms with Crippen LogP contribution in [0.1, 0.15) is 18.4 Å². The molecule has 1 unspecified atom stereocenters. The molecule has 0 bridgehead atoms. The summed E-state index contributed by atoms with van der Waals surface area (Å²) in [5.41, 5.74) is 2.75. The minimum atomic E-state index is -2.89. The molecule has 2 aromatic rings. The van der Waals surface area contributed by atoms with Crippen LogP contribution >= 0.6 is 0 Å². The van der Waals surface area contributed by atoms with Crippen molar-refractivity contribution in [1.82, 2.24) is 0 Å². The maximum atomic E-state index is 12.0. The second-order valence-corrected chi connectivity index (χ2v) is 8.58. The number of aryl methyl sites for hydroxylation is 1. The third-order valence-electron chi connectivity index (χ3n) is 4.26. The Morgan fingerprint density at radius 1 is 1.00 bits per heavy atom. The van der Waals surface area contributed by atoms with Gasteiger partial charge in [0.2, 0.25) is 5.91 Å². The fourth-order valence-corrected chi connectivity index (χ4v) is 4.59. The van der Waals surface area contributed by atoms with E-state index in [0.717, 1.165) is 16.9 Å². The summed E-state index contributed by atoms with van der Waals surface area (Å²) in [7, 11) is -2.89. The van der Waals surface area contributed by atoms with Gasteiger partial charge in [0.25, 0.3) is 0 Å². The molecule has 1 aliphatic rings. The highest BCUT2D eigenvalue weighted by atomic mass is 32.2. The summed E-state index contributed by atoms with van der Waals surface area (Å²) in [6.45, 7) is 0. The van der Waals surface area contributed by atoms with Crippen LogP contribution in [0.2, 0.25) is 0 Å². The fraction of sp³-hybridized carbons (Fsp3) is 0.316. The van der Waals surface area contributed by atoms with E-state index in [1.54, 1.807) is 0 Å². The first-order chi connectivity index (χ1) is 12.0. The first-order valence-electron chi connectivity index (χ1n) is 8.41. The highest BCUT2D eigenvalue weighted by molar-refractivity contribution is 7.91. The van der Waals surface area contributed by atoms with E-state index in [2.05, 4.69) is 10.6 Å². The second kappa shape index (κ2) is 7.70. The van der Waals surface area contributed by atoms with Gasteiger partial charge in [-0.25, -0.2) is 8.42 Å². The number of amides is 1. The van der Waals surface area contributed by atoms with Crippen LogP contribution in [0.15, 0.2) is 54.6 Å². The summed E-state index contributed by atoms with van der Waals surface area (Å²) >= 11 is 0. The van der Waals surface area contributed by atoms with Crippen molar-refractivity contribution < 1.29 is 13.2 Å². The van der Waals surface area contributed by atoms with Crippen molar-refractivity contribution in [2.75, 3.05) is 22.1 Å². The molecule has 0 aromatic heterocycles. The van der Waals surface area contributed by atoms with Gasteiger partial charge >= 0.3 is 0 Å². The molecule has 1 atom stereocenters. The van der Waals surface area contributed by atoms with Crippen molar-refractivity contribution in [3.8, 4) is 0 Å². The number of hydrogen-bond donors (Lipinski definition) is 2. The number of anilines is 2. The second-order valence-electron chi connectivity index (χ2n) is 6.36. The van der Waals surface area contributed by atoms with Gasteiger partial charge in [0.15, 0.2) is 9.84 Å². The zero-order valence-corrected chi connectivity index (χ0v) is 14.8. The van der Waals surface area contributed by atoms with Crippen molar-refractivity contribution in [3.05, 3.63) is 60.2 Å². The zero-order chi connectivity index (χ0) is 17.7. The normalized spacial score (nSPS) is 18.6. The van der Waals surface area contributed by atoms with Gasteiger partial charge in [0.1, 0.15) is 0 Å². The molecule has 1 amide bonds. The average molecular weight is 358 g/mol. The first kappa shape index (κ1) is 17.5. The highest BCUT2D eigenvalue weighted by Gasteiger charge is 2.27. The number of hydrogen-bond acceptors (Lipinski definition) is 4. The van der Waals surface area contributed by atoms with E-state index in [9.17, 15) is 13.2 Å². The van der Waals surface area contributed by atoms with Gasteiger partial charge in [0.05, 0.1) is 11.5 Å². The molecule has 3 rings (SSSR count). The monoisotopic (exact) mass is 358 g/mol. The third-order valence-corrected chi connectivity index (χ3v) is 6.02. The van der Waals surface area contributed by atoms with Crippen LogP contribution < -0.4 is 10.6 Å². The van der Waals surface area contributed by atoms with Crippen LogP contribution in [-0.4, -0.2) is 31.9 Å². The summed E-state index contributed by atoms with van der Waals surface area (Å²) in [4.78, 5) is 12.0. The predicted molar refractivity (Wildman–Crippen MR) is 101 cm³/mol. The molecular formula is C19H22N2O3S. The fourth-order valence-electron chi connectivity index (χ4n) is 2.92. The summed E-state index contributed by atoms with van der Waals surface area (Å²) in [6, 6.07) is 17.3. The molecule has 5 nitrogen and oxygen atoms in total. The molecular weight excluding hydrogens is 336 g/mol. The zero-order valence-electron chi connectivity index (χ0n) is 13.9. The Hall–Kier alpha value is -2.34. The van der Waals surface area contributed by atoms with Crippen molar-refractivity contribution >= 4 is 27.1 Å². The Balaban J connectivity index is 1.48. The number of rotatable bonds is 6. The lowest BCUT2D eigenvalue weighted by Crippen LogP contribution is -2.20. The Labute approximate surface area is 148 Å². The number of nitrogens with one attached hydrogen (secondary N) is 2. The molecule has 132 valence electrons. The lowest BCUT2D eigenvalue weighted by molar-refractivity contribution is -0.116. The average Bonchev–Trinajstić information content (AvgIpc) is 2.94. The predicted octanol–water partition coefficient (Wildman–Crippen LogP) is 2.86. The highest BCUT2D eigenvalue weighted by Crippen LogP contribution is 2.19. The van der Waals surface area contributed by atoms with E-state index >= 15 is 0 Å². The third kappa shape index (κ3) is 5.32. The van der Waals surface area contributed by atoms with E-state index < -0.39 is 9.84 Å². The van der Waals surface area contributed by atoms with Gasteiger partial charge in [-0.15, -0.1) is 0 Å². The first-order valence-corrected chi connectivity index (χ1v) is 10.2. The quantitative estimate of drug-likeness (QED) is 0.833. The molecule has 0 spiro atoms. The minimum absolute atomic E-state index is 0.0218. The molecule has 6 heteroatoms. The largest absolute Gasteiger partial charge is 0.381 e. The van der Waals surface area contributed by atoms with Crippen molar-refractivity contribution in [2.24, 2.45) is 0 Å². The van der Waals surface area contributed by atoms with Crippen LogP contribution in [0, 0.1) is 0 Å². The Bertz CT molecular complexity index is 818. The van der Waals surface area contributed by atoms with E-state index in [0.29, 0.717) is 19.3 Å². The van der Waals surface area contributed by atoms with E-state index in [-0.39, 0.29) is 23.5 Å². The van der Waals surface area contributed by atoms with E-state index in [1.807, 2.05) is 54.6 Å². The number of sulfone groups is 1. The van der Waals surface area contributed by atoms with Gasteiger partial charge in [-0.05, 0) is 42.7 Å². The topological polar surface area (TPSA) is 75.3 Å². The van der Waals surface area contributed by atoms with Gasteiger partial charge in [-0.2, -0.15) is 0 Å². The van der Waals surface area contributed by atoms with Crippen LogP contribution in [-0.2, 0) is 21.1 Å². The molecule has 0 saturated carbocycles. The van der Waals surface area contributed by atoms with Gasteiger partial charge in [-0.3, -0.25) is 4.79 Å². The molecule has 1 saturated heterocycles. The van der Waals surface area contributed by atoms with Crippen LogP contribution in [0.5, 0.6) is 0 Å². The molecule has 1 fully saturated rings. The van der Waals surface area contributed by atoms with Crippen LogP contribution in [0.3, 0.4) is 0 Å². The number of carbonyl (C=O) groups excluding carboxylic acids is 1. The van der Waals surface area contributed by atoms with Crippen molar-refractivity contribution in [3.63, 3.8) is 0 Å². The molecule has 2 aromatic carbocycles. The van der Waals surface area contributed by atoms with E-state index in [1.165, 1.54) is 0 Å². The maximum Gasteiger partial charge on any atom is 0.224 e. The SMILES string of the molecule is O=C(CCc1ccccc1)Nc1ccc(NC2CCS(=O)(=O)C2)cc1. The van der Waals surface area contributed by atoms with Crippen LogP contribution in [0.4, 0.5) is 11.4 Å². The summed E-state index contributed by atoms with van der Waals surface area (Å²) < 4.78 is 23.0. The lowest BCUT2D eigenvalue weighted by atomic mass is 10.1. The summed E-state index contributed by atoms with van der Waals surface area (Å²) in [5, 5.41) is 6.12. The van der Waals surface area contributed by atoms with Crippen LogP contribution in [0.25, 0.3) is 0 Å². The smallest absolute Gasteiger partial charge is 0.224 e. The number of benzene rings is 2. The van der Waals surface area contributed by atoms with Gasteiger partial charge in [0, 0.05) is 23.8 Å². The minimum Gasteiger partial charge on any atom is -0.381 e. The maximum absolute atomic E-state index is 12.0. The van der Waals surface area contributed by atoms with Gasteiger partial charge < -0.3 is 10.6 Å². The summed E-state index contributed by atoms with van der Waals surface area (Å²) in [6.07, 6.45) is 1.78. The lowest BCUT2D eigenvalue weighted by Gasteiger charge is -2.13. The van der Waals surface area contributed by atoms with E-state index in [4.69, 9.17) is 0 Å². The Morgan fingerprint density at radius 3 is 2.32 bits per heavy atom. The molecule has 0 aliphatic carbocycles. The molecule has 1 aliphatic heterocycles. The van der Waals surface area contributed by atoms with Crippen molar-refractivity contribution in [1.29, 1.82) is 0 Å². The Kier molecular flexibility index (Phi) is 5.38. The van der Waals surface area contributed by atoms with Gasteiger partial charge in [-0.1, -0.05) is 30.3 Å². The number of carbonyl (C=O) groups is 1. The summed E-state index contributed by atoms with van der Waals surface area (Å²) in [5.74, 6) is 0.414. The molecule has 2 N–H and O–H groups in total.